The smallest absolute Gasteiger partial charge is 0.254 e. The third-order valence-electron chi connectivity index (χ3n) is 7.04. The Labute approximate surface area is 202 Å². The van der Waals surface area contributed by atoms with E-state index in [1.54, 1.807) is 7.11 Å². The lowest BCUT2D eigenvalue weighted by Gasteiger charge is -2.37. The van der Waals surface area contributed by atoms with Crippen LogP contribution >= 0.6 is 0 Å². The lowest BCUT2D eigenvalue weighted by Crippen LogP contribution is -2.39. The highest BCUT2D eigenvalue weighted by atomic mass is 16.5. The van der Waals surface area contributed by atoms with Crippen LogP contribution in [0.3, 0.4) is 0 Å². The highest BCUT2D eigenvalue weighted by molar-refractivity contribution is 5.81. The molecule has 1 N–H and O–H groups in total. The van der Waals surface area contributed by atoms with Gasteiger partial charge >= 0.3 is 0 Å². The number of methoxy groups -OCH3 is 1. The summed E-state index contributed by atoms with van der Waals surface area (Å²) in [6.45, 7) is 2.12. The molecule has 0 bridgehead atoms. The number of benzene rings is 2. The summed E-state index contributed by atoms with van der Waals surface area (Å²) in [4.78, 5) is 18.9. The number of para-hydroxylation sites is 1. The zero-order valence-corrected chi connectivity index (χ0v) is 19.7. The second kappa shape index (κ2) is 9.14. The highest BCUT2D eigenvalue weighted by Crippen LogP contribution is 2.37. The fourth-order valence-corrected chi connectivity index (χ4v) is 5.33. The molecule has 2 aromatic heterocycles. The summed E-state index contributed by atoms with van der Waals surface area (Å²) in [5, 5.41) is 13.7. The van der Waals surface area contributed by atoms with E-state index in [2.05, 4.69) is 43.6 Å². The first kappa shape index (κ1) is 21.8. The fourth-order valence-electron chi connectivity index (χ4n) is 5.33. The monoisotopic (exact) mass is 472 g/mol. The van der Waals surface area contributed by atoms with Gasteiger partial charge in [0.1, 0.15) is 11.8 Å². The molecule has 9 nitrogen and oxygen atoms in total. The molecule has 2 atom stereocenters. The van der Waals surface area contributed by atoms with Crippen molar-refractivity contribution in [2.75, 3.05) is 25.2 Å². The quantitative estimate of drug-likeness (QED) is 0.460. The maximum atomic E-state index is 13.5. The van der Waals surface area contributed by atoms with E-state index < -0.39 is 6.04 Å². The van der Waals surface area contributed by atoms with Gasteiger partial charge in [0, 0.05) is 35.3 Å². The molecule has 0 saturated carbocycles. The molecule has 2 aliphatic heterocycles. The second-order valence-corrected chi connectivity index (χ2v) is 9.19. The van der Waals surface area contributed by atoms with Crippen LogP contribution in [0.15, 0.2) is 53.3 Å². The lowest BCUT2D eigenvalue weighted by atomic mass is 9.96. The van der Waals surface area contributed by atoms with Crippen molar-refractivity contribution in [3.05, 3.63) is 75.8 Å². The Hall–Kier alpha value is -3.72. The highest BCUT2D eigenvalue weighted by Gasteiger charge is 2.34. The maximum Gasteiger partial charge on any atom is 0.254 e. The van der Waals surface area contributed by atoms with Gasteiger partial charge in [-0.2, -0.15) is 0 Å². The number of fused-ring (bicyclic) bond motifs is 2. The van der Waals surface area contributed by atoms with Crippen molar-refractivity contribution in [2.24, 2.45) is 0 Å². The predicted octanol–water partition coefficient (Wildman–Crippen LogP) is 3.24. The van der Waals surface area contributed by atoms with Gasteiger partial charge in [-0.1, -0.05) is 18.2 Å². The van der Waals surface area contributed by atoms with Crippen LogP contribution in [0, 0.1) is 0 Å². The number of hydrogen-bond acceptors (Lipinski definition) is 7. The maximum absolute atomic E-state index is 13.5. The Bertz CT molecular complexity index is 1410. The number of anilines is 1. The lowest BCUT2D eigenvalue weighted by molar-refractivity contribution is 0.0924. The molecule has 0 aliphatic carbocycles. The molecule has 0 unspecified atom stereocenters. The third-order valence-corrected chi connectivity index (χ3v) is 7.04. The molecular formula is C26H28N6O3. The number of aryl methyl sites for hydroxylation is 1. The van der Waals surface area contributed by atoms with Gasteiger partial charge in [0.2, 0.25) is 0 Å². The second-order valence-electron chi connectivity index (χ2n) is 9.19. The van der Waals surface area contributed by atoms with E-state index in [-0.39, 0.29) is 11.7 Å². The number of aromatic nitrogens is 5. The van der Waals surface area contributed by atoms with E-state index in [1.165, 1.54) is 5.56 Å². The van der Waals surface area contributed by atoms with E-state index in [0.717, 1.165) is 61.2 Å². The van der Waals surface area contributed by atoms with Crippen molar-refractivity contribution >= 4 is 16.6 Å². The first-order chi connectivity index (χ1) is 17.2. The average Bonchev–Trinajstić information content (AvgIpc) is 3.57. The van der Waals surface area contributed by atoms with Gasteiger partial charge in [-0.25, -0.2) is 4.68 Å². The number of H-pyrrole nitrogens is 1. The number of rotatable bonds is 6. The van der Waals surface area contributed by atoms with Crippen LogP contribution in [0.5, 0.6) is 5.75 Å². The summed E-state index contributed by atoms with van der Waals surface area (Å²) in [5.74, 6) is 1.38. The molecule has 1 fully saturated rings. The number of nitrogens with zero attached hydrogens (tertiary/aromatic N) is 5. The van der Waals surface area contributed by atoms with Gasteiger partial charge in [0.05, 0.1) is 19.8 Å². The van der Waals surface area contributed by atoms with Crippen LogP contribution in [0.25, 0.3) is 10.9 Å². The molecule has 0 radical (unpaired) electrons. The number of ether oxygens (including phenoxy) is 2. The summed E-state index contributed by atoms with van der Waals surface area (Å²) in [6, 6.07) is 15.5. The average molecular weight is 473 g/mol. The zero-order valence-electron chi connectivity index (χ0n) is 19.7. The van der Waals surface area contributed by atoms with Gasteiger partial charge < -0.3 is 19.4 Å². The Morgan fingerprint density at radius 2 is 2.11 bits per heavy atom. The van der Waals surface area contributed by atoms with E-state index in [1.807, 2.05) is 35.0 Å². The van der Waals surface area contributed by atoms with Gasteiger partial charge in [-0.05, 0) is 72.0 Å². The zero-order chi connectivity index (χ0) is 23.8. The van der Waals surface area contributed by atoms with Gasteiger partial charge in [0.15, 0.2) is 5.82 Å². The van der Waals surface area contributed by atoms with Crippen molar-refractivity contribution in [3.63, 3.8) is 0 Å². The van der Waals surface area contributed by atoms with Gasteiger partial charge in [-0.3, -0.25) is 4.79 Å². The number of pyridine rings is 1. The SMILES string of the molecule is COc1ccc2[nH]c(=O)c([C@H](c3nnnn3C[C@H]3CCCO3)N3CCCc4ccccc43)cc2c1. The largest absolute Gasteiger partial charge is 0.497 e. The minimum Gasteiger partial charge on any atom is -0.497 e. The minimum atomic E-state index is -0.452. The number of aromatic amines is 1. The Kier molecular flexibility index (Phi) is 5.69. The van der Waals surface area contributed by atoms with Crippen LogP contribution in [0.1, 0.15) is 42.3 Å². The molecular weight excluding hydrogens is 444 g/mol. The summed E-state index contributed by atoms with van der Waals surface area (Å²) in [5.41, 5.74) is 3.59. The molecule has 1 saturated heterocycles. The van der Waals surface area contributed by atoms with Crippen LogP contribution in [0.2, 0.25) is 0 Å². The molecule has 0 amide bonds. The fraction of sp³-hybridized carbons (Fsp3) is 0.385. The topological polar surface area (TPSA) is 98.2 Å². The van der Waals surface area contributed by atoms with Crippen molar-refractivity contribution in [3.8, 4) is 5.75 Å². The number of tetrazole rings is 1. The summed E-state index contributed by atoms with van der Waals surface area (Å²) in [7, 11) is 1.64. The van der Waals surface area contributed by atoms with Gasteiger partial charge in [0.25, 0.3) is 5.56 Å². The van der Waals surface area contributed by atoms with E-state index in [0.29, 0.717) is 17.9 Å². The minimum absolute atomic E-state index is 0.0747. The van der Waals surface area contributed by atoms with E-state index >= 15 is 0 Å². The molecule has 9 heteroatoms. The van der Waals surface area contributed by atoms with Crippen molar-refractivity contribution in [1.82, 2.24) is 25.2 Å². The first-order valence-corrected chi connectivity index (χ1v) is 12.1. The first-order valence-electron chi connectivity index (χ1n) is 12.1. The van der Waals surface area contributed by atoms with Crippen molar-refractivity contribution in [1.29, 1.82) is 0 Å². The Morgan fingerprint density at radius 3 is 2.97 bits per heavy atom. The predicted molar refractivity (Wildman–Crippen MR) is 132 cm³/mol. The molecule has 35 heavy (non-hydrogen) atoms. The van der Waals surface area contributed by atoms with Crippen molar-refractivity contribution in [2.45, 2.75) is 44.4 Å². The summed E-state index contributed by atoms with van der Waals surface area (Å²) >= 11 is 0. The van der Waals surface area contributed by atoms with Crippen LogP contribution < -0.4 is 15.2 Å². The van der Waals surface area contributed by atoms with Crippen LogP contribution in [-0.2, 0) is 17.7 Å². The molecule has 0 spiro atoms. The molecule has 4 aromatic rings. The van der Waals surface area contributed by atoms with Crippen molar-refractivity contribution < 1.29 is 9.47 Å². The summed E-state index contributed by atoms with van der Waals surface area (Å²) in [6.07, 6.45) is 4.08. The Balaban J connectivity index is 1.52. The molecule has 2 aromatic carbocycles. The normalized spacial score (nSPS) is 18.5. The number of hydrogen-bond donors (Lipinski definition) is 1. The van der Waals surface area contributed by atoms with Crippen LogP contribution in [-0.4, -0.2) is 51.6 Å². The van der Waals surface area contributed by atoms with Gasteiger partial charge in [-0.15, -0.1) is 5.10 Å². The molecule has 6 rings (SSSR count). The summed E-state index contributed by atoms with van der Waals surface area (Å²) < 4.78 is 13.1. The molecule has 4 heterocycles. The van der Waals surface area contributed by atoms with Crippen LogP contribution in [0.4, 0.5) is 5.69 Å². The van der Waals surface area contributed by atoms with E-state index in [9.17, 15) is 4.79 Å². The standard InChI is InChI=1S/C26H28N6O3/c1-34-19-10-11-22-18(14-19)15-21(26(33)27-22)24(31-12-4-7-17-6-2-3-9-23(17)31)25-28-29-30-32(25)16-20-8-5-13-35-20/h2-3,6,9-11,14-15,20,24H,4-5,7-8,12-13,16H2,1H3,(H,27,33)/t20-,24-/m1/s1. The Morgan fingerprint density at radius 1 is 1.20 bits per heavy atom. The molecule has 2 aliphatic rings. The van der Waals surface area contributed by atoms with E-state index in [4.69, 9.17) is 9.47 Å². The molecule has 180 valence electrons. The third kappa shape index (κ3) is 4.05. The number of nitrogens with one attached hydrogen (secondary N) is 1.